The van der Waals surface area contributed by atoms with Gasteiger partial charge in [0.25, 0.3) is 11.8 Å². The zero-order valence-corrected chi connectivity index (χ0v) is 23.0. The van der Waals surface area contributed by atoms with Crippen LogP contribution in [0.2, 0.25) is 0 Å². The second kappa shape index (κ2) is 11.6. The fourth-order valence-corrected chi connectivity index (χ4v) is 6.19. The summed E-state index contributed by atoms with van der Waals surface area (Å²) in [6.07, 6.45) is 1.80. The molecule has 0 saturated carbocycles. The Morgan fingerprint density at radius 2 is 1.39 bits per heavy atom. The molecule has 0 spiro atoms. The number of halogens is 2. The van der Waals surface area contributed by atoms with Gasteiger partial charge in [-0.15, -0.1) is 0 Å². The molecule has 206 valence electrons. The first-order chi connectivity index (χ1) is 20.0. The predicted molar refractivity (Wildman–Crippen MR) is 159 cm³/mol. The van der Waals surface area contributed by atoms with Gasteiger partial charge in [-0.3, -0.25) is 9.59 Å². The van der Waals surface area contributed by atoms with Crippen LogP contribution in [0.3, 0.4) is 0 Å². The number of piperazine rings is 1. The van der Waals surface area contributed by atoms with Crippen LogP contribution in [-0.4, -0.2) is 42.9 Å². The van der Waals surface area contributed by atoms with E-state index in [2.05, 4.69) is 0 Å². The van der Waals surface area contributed by atoms with Gasteiger partial charge in [-0.05, 0) is 54.1 Å². The van der Waals surface area contributed by atoms with E-state index in [1.54, 1.807) is 58.3 Å². The average molecular weight is 568 g/mol. The van der Waals surface area contributed by atoms with Crippen molar-refractivity contribution in [3.63, 3.8) is 0 Å². The molecule has 0 atom stereocenters. The Balaban J connectivity index is 1.17. The summed E-state index contributed by atoms with van der Waals surface area (Å²) in [5.74, 6) is -0.892. The van der Waals surface area contributed by atoms with Gasteiger partial charge in [-0.2, -0.15) is 0 Å². The van der Waals surface area contributed by atoms with Gasteiger partial charge in [0, 0.05) is 42.2 Å². The van der Waals surface area contributed by atoms with E-state index in [1.165, 1.54) is 23.9 Å². The SMILES string of the molecule is O=C(c1ccc(/C=C2/Sc3ccccc3N(Cc3ccccc3F)C2=O)cc1)N1CCN(c2ccccc2F)CC1. The summed E-state index contributed by atoms with van der Waals surface area (Å²) in [6, 6.07) is 27.9. The smallest absolute Gasteiger partial charge is 0.265 e. The lowest BCUT2D eigenvalue weighted by molar-refractivity contribution is -0.114. The van der Waals surface area contributed by atoms with Crippen LogP contribution in [0.1, 0.15) is 21.5 Å². The summed E-state index contributed by atoms with van der Waals surface area (Å²) >= 11 is 1.38. The van der Waals surface area contributed by atoms with Gasteiger partial charge in [0.2, 0.25) is 0 Å². The third kappa shape index (κ3) is 5.60. The molecule has 5 nitrogen and oxygen atoms in total. The number of fused-ring (bicyclic) bond motifs is 1. The van der Waals surface area contributed by atoms with Crippen LogP contribution in [0, 0.1) is 11.6 Å². The van der Waals surface area contributed by atoms with Crippen molar-refractivity contribution < 1.29 is 18.4 Å². The molecule has 4 aromatic carbocycles. The minimum Gasteiger partial charge on any atom is -0.366 e. The highest BCUT2D eigenvalue weighted by molar-refractivity contribution is 8.04. The molecule has 1 saturated heterocycles. The normalized spacial score (nSPS) is 16.2. The summed E-state index contributed by atoms with van der Waals surface area (Å²) in [7, 11) is 0. The van der Waals surface area contributed by atoms with Crippen LogP contribution in [0.25, 0.3) is 6.08 Å². The van der Waals surface area contributed by atoms with Gasteiger partial charge in [0.15, 0.2) is 0 Å². The molecule has 0 bridgehead atoms. The number of thioether (sulfide) groups is 1. The van der Waals surface area contributed by atoms with Gasteiger partial charge in [-0.25, -0.2) is 8.78 Å². The molecule has 1 fully saturated rings. The maximum Gasteiger partial charge on any atom is 0.265 e. The number of benzene rings is 4. The second-order valence-corrected chi connectivity index (χ2v) is 11.0. The van der Waals surface area contributed by atoms with Gasteiger partial charge < -0.3 is 14.7 Å². The van der Waals surface area contributed by atoms with Gasteiger partial charge in [-0.1, -0.05) is 66.4 Å². The molecule has 0 aliphatic carbocycles. The van der Waals surface area contributed by atoms with E-state index in [1.807, 2.05) is 47.4 Å². The molecule has 0 radical (unpaired) electrons. The number of para-hydroxylation sites is 2. The first kappa shape index (κ1) is 26.8. The number of anilines is 2. The summed E-state index contributed by atoms with van der Waals surface area (Å²) in [4.78, 5) is 33.5. The first-order valence-electron chi connectivity index (χ1n) is 13.4. The van der Waals surface area contributed by atoms with Crippen LogP contribution in [0.15, 0.2) is 107 Å². The van der Waals surface area contributed by atoms with Crippen molar-refractivity contribution >= 4 is 41.0 Å². The highest BCUT2D eigenvalue weighted by atomic mass is 32.2. The maximum atomic E-state index is 14.4. The Morgan fingerprint density at radius 3 is 2.10 bits per heavy atom. The molecular formula is C33H27F2N3O2S. The third-order valence-electron chi connectivity index (χ3n) is 7.33. The Labute approximate surface area is 241 Å². The van der Waals surface area contributed by atoms with Crippen molar-refractivity contribution in [2.75, 3.05) is 36.0 Å². The van der Waals surface area contributed by atoms with Crippen molar-refractivity contribution in [3.8, 4) is 0 Å². The number of carbonyl (C=O) groups excluding carboxylic acids is 2. The minimum absolute atomic E-state index is 0.0782. The second-order valence-electron chi connectivity index (χ2n) is 9.91. The lowest BCUT2D eigenvalue weighted by Gasteiger charge is -2.36. The van der Waals surface area contributed by atoms with E-state index in [9.17, 15) is 18.4 Å². The van der Waals surface area contributed by atoms with E-state index in [0.29, 0.717) is 47.9 Å². The lowest BCUT2D eigenvalue weighted by atomic mass is 10.1. The Bertz CT molecular complexity index is 1630. The molecule has 2 aliphatic rings. The highest BCUT2D eigenvalue weighted by Gasteiger charge is 2.30. The Morgan fingerprint density at radius 1 is 0.756 bits per heavy atom. The fraction of sp³-hybridized carbons (Fsp3) is 0.152. The monoisotopic (exact) mass is 567 g/mol. The number of hydrogen-bond donors (Lipinski definition) is 0. The molecule has 8 heteroatoms. The Hall–Kier alpha value is -4.43. The number of nitrogens with zero attached hydrogens (tertiary/aromatic N) is 3. The molecular weight excluding hydrogens is 540 g/mol. The molecule has 0 N–H and O–H groups in total. The summed E-state index contributed by atoms with van der Waals surface area (Å²) in [6.45, 7) is 2.24. The quantitative estimate of drug-likeness (QED) is 0.255. The summed E-state index contributed by atoms with van der Waals surface area (Å²) in [5.41, 5.74) is 3.09. The van der Waals surface area contributed by atoms with Crippen molar-refractivity contribution in [1.29, 1.82) is 0 Å². The van der Waals surface area contributed by atoms with Gasteiger partial charge in [0.05, 0.1) is 22.8 Å². The van der Waals surface area contributed by atoms with Crippen molar-refractivity contribution in [1.82, 2.24) is 4.90 Å². The molecule has 2 amide bonds. The molecule has 4 aromatic rings. The third-order valence-corrected chi connectivity index (χ3v) is 8.41. The van der Waals surface area contributed by atoms with Gasteiger partial charge >= 0.3 is 0 Å². The zero-order valence-electron chi connectivity index (χ0n) is 22.2. The number of carbonyl (C=O) groups is 2. The van der Waals surface area contributed by atoms with E-state index >= 15 is 0 Å². The molecule has 0 aromatic heterocycles. The van der Waals surface area contributed by atoms with Crippen LogP contribution in [-0.2, 0) is 11.3 Å². The molecule has 0 unspecified atom stereocenters. The topological polar surface area (TPSA) is 43.9 Å². The first-order valence-corrected chi connectivity index (χ1v) is 14.2. The Kier molecular flexibility index (Phi) is 7.57. The molecule has 6 rings (SSSR count). The van der Waals surface area contributed by atoms with Crippen molar-refractivity contribution in [2.45, 2.75) is 11.4 Å². The highest BCUT2D eigenvalue weighted by Crippen LogP contribution is 2.42. The van der Waals surface area contributed by atoms with E-state index < -0.39 is 0 Å². The molecule has 2 heterocycles. The standard InChI is InChI=1S/C33H27F2N3O2S/c34-26-8-2-1-7-25(26)22-38-29-11-5-6-12-30(29)41-31(33(38)40)21-23-13-15-24(16-14-23)32(39)37-19-17-36(18-20-37)28-10-4-3-9-27(28)35/h1-16,21H,17-20,22H2/b31-21+. The molecule has 2 aliphatic heterocycles. The van der Waals surface area contributed by atoms with Crippen LogP contribution in [0.5, 0.6) is 0 Å². The lowest BCUT2D eigenvalue weighted by Crippen LogP contribution is -2.49. The summed E-state index contributed by atoms with van der Waals surface area (Å²) in [5, 5.41) is 0. The van der Waals surface area contributed by atoms with Crippen LogP contribution >= 0.6 is 11.8 Å². The van der Waals surface area contributed by atoms with Crippen molar-refractivity contribution in [3.05, 3.63) is 130 Å². The molecule has 41 heavy (non-hydrogen) atoms. The van der Waals surface area contributed by atoms with Gasteiger partial charge in [0.1, 0.15) is 11.6 Å². The van der Waals surface area contributed by atoms with Crippen LogP contribution < -0.4 is 9.80 Å². The van der Waals surface area contributed by atoms with Crippen molar-refractivity contribution in [2.24, 2.45) is 0 Å². The van der Waals surface area contributed by atoms with E-state index in [0.717, 1.165) is 16.1 Å². The maximum absolute atomic E-state index is 14.4. The van der Waals surface area contributed by atoms with E-state index in [4.69, 9.17) is 0 Å². The minimum atomic E-state index is -0.351. The fourth-order valence-electron chi connectivity index (χ4n) is 5.13. The average Bonchev–Trinajstić information content (AvgIpc) is 3.00. The largest absolute Gasteiger partial charge is 0.366 e. The number of hydrogen-bond acceptors (Lipinski definition) is 4. The number of rotatable bonds is 5. The number of amides is 2. The summed E-state index contributed by atoms with van der Waals surface area (Å²) < 4.78 is 28.6. The zero-order chi connectivity index (χ0) is 28.3. The van der Waals surface area contributed by atoms with Crippen LogP contribution in [0.4, 0.5) is 20.2 Å². The van der Waals surface area contributed by atoms with E-state index in [-0.39, 0.29) is 30.0 Å². The predicted octanol–water partition coefficient (Wildman–Crippen LogP) is 6.61.